The Balaban J connectivity index is 0.705. The van der Waals surface area contributed by atoms with Gasteiger partial charge in [-0.25, -0.2) is 9.75 Å². The van der Waals surface area contributed by atoms with Crippen LogP contribution in [0.2, 0.25) is 0 Å². The lowest BCUT2D eigenvalue weighted by atomic mass is 9.96. The number of hydrogen-bond acceptors (Lipinski definition) is 14. The number of amides is 1. The summed E-state index contributed by atoms with van der Waals surface area (Å²) in [5.41, 5.74) is 6.27. The number of para-hydroxylation sites is 1. The number of nitrogens with one attached hydrogen (secondary N) is 1. The Labute approximate surface area is 345 Å². The van der Waals surface area contributed by atoms with Gasteiger partial charge in [0.15, 0.2) is 16.8 Å². The highest BCUT2D eigenvalue weighted by molar-refractivity contribution is 5.94. The fourth-order valence-electron chi connectivity index (χ4n) is 6.69. The van der Waals surface area contributed by atoms with Gasteiger partial charge >= 0.3 is 0 Å². The van der Waals surface area contributed by atoms with E-state index in [1.165, 1.54) is 18.2 Å². The maximum atomic E-state index is 12.6. The summed E-state index contributed by atoms with van der Waals surface area (Å²) in [4.78, 5) is 30.8. The molecule has 0 bridgehead atoms. The molecule has 7 rings (SSSR count). The smallest absolute Gasteiger partial charge is 0.251 e. The Bertz CT molecular complexity index is 2420. The van der Waals surface area contributed by atoms with Crippen molar-refractivity contribution in [1.29, 1.82) is 0 Å². The fourth-order valence-corrected chi connectivity index (χ4v) is 6.69. The Hall–Kier alpha value is -6.14. The molecule has 16 nitrogen and oxygen atoms in total. The molecule has 0 radical (unpaired) electrons. The van der Waals surface area contributed by atoms with Gasteiger partial charge in [-0.05, 0) is 35.9 Å². The van der Waals surface area contributed by atoms with Crippen molar-refractivity contribution in [2.75, 3.05) is 84.8 Å². The predicted molar refractivity (Wildman–Crippen MR) is 222 cm³/mol. The topological polar surface area (TPSA) is 189 Å². The van der Waals surface area contributed by atoms with Gasteiger partial charge in [0.05, 0.1) is 103 Å². The van der Waals surface area contributed by atoms with E-state index in [1.807, 2.05) is 46.1 Å². The number of aromatic hydroxyl groups is 2. The number of carbonyl (C=O) groups is 1. The first-order chi connectivity index (χ1) is 29.4. The molecule has 3 N–H and O–H groups in total. The molecule has 4 aromatic carbocycles. The quantitative estimate of drug-likeness (QED) is 0.0636. The Morgan fingerprint density at radius 1 is 0.767 bits per heavy atom. The monoisotopic (exact) mass is 821 g/mol. The van der Waals surface area contributed by atoms with Crippen LogP contribution in [-0.2, 0) is 41.6 Å². The van der Waals surface area contributed by atoms with Gasteiger partial charge in [0.1, 0.15) is 11.5 Å². The van der Waals surface area contributed by atoms with Crippen molar-refractivity contribution in [3.8, 4) is 45.3 Å². The van der Waals surface area contributed by atoms with Gasteiger partial charge in [0, 0.05) is 34.9 Å². The minimum atomic E-state index is -0.511. The standard InChI is InChI=1S/C44H47N5O11/c1-54-49-29-32-6-2-3-7-33(32)41-40(34-8-4-5-9-36(34)49)46-47-48(41)17-19-56-21-23-58-25-27-59-26-24-57-22-20-55-18-16-45-44(53)31-12-10-30(11-13-31)39-28-38(51)35-14-15-37(50)42(52)43(35)60-39/h2-15,28,50,52H,16-27,29H2,1H3,(H,45,53). The molecule has 16 heteroatoms. The highest BCUT2D eigenvalue weighted by Gasteiger charge is 2.26. The van der Waals surface area contributed by atoms with Crippen LogP contribution in [0.3, 0.4) is 0 Å². The third kappa shape index (κ3) is 10.2. The molecule has 0 fully saturated rings. The number of anilines is 1. The summed E-state index contributed by atoms with van der Waals surface area (Å²) in [6, 6.07) is 26.6. The largest absolute Gasteiger partial charge is 0.504 e. The van der Waals surface area contributed by atoms with Crippen molar-refractivity contribution in [1.82, 2.24) is 20.3 Å². The van der Waals surface area contributed by atoms with Gasteiger partial charge in [-0.3, -0.25) is 14.4 Å². The van der Waals surface area contributed by atoms with E-state index in [2.05, 4.69) is 27.8 Å². The predicted octanol–water partition coefficient (Wildman–Crippen LogP) is 5.19. The molecule has 0 spiro atoms. The zero-order chi connectivity index (χ0) is 41.7. The maximum absolute atomic E-state index is 12.6. The highest BCUT2D eigenvalue weighted by Crippen LogP contribution is 2.41. The molecule has 3 heterocycles. The highest BCUT2D eigenvalue weighted by atomic mass is 16.7. The van der Waals surface area contributed by atoms with Crippen molar-refractivity contribution in [2.45, 2.75) is 13.1 Å². The second-order valence-corrected chi connectivity index (χ2v) is 13.6. The van der Waals surface area contributed by atoms with Gasteiger partial charge in [0.2, 0.25) is 5.75 Å². The van der Waals surface area contributed by atoms with Crippen molar-refractivity contribution < 1.29 is 47.9 Å². The molecule has 1 amide bonds. The molecule has 0 unspecified atom stereocenters. The molecule has 2 aromatic heterocycles. The van der Waals surface area contributed by atoms with Crippen molar-refractivity contribution in [2.24, 2.45) is 0 Å². The van der Waals surface area contributed by atoms with E-state index in [-0.39, 0.29) is 28.1 Å². The molecule has 6 aromatic rings. The zero-order valence-corrected chi connectivity index (χ0v) is 33.2. The Morgan fingerprint density at radius 2 is 1.40 bits per heavy atom. The molecule has 0 saturated carbocycles. The number of ether oxygens (including phenoxy) is 5. The molecular weight excluding hydrogens is 775 g/mol. The van der Waals surface area contributed by atoms with E-state index >= 15 is 0 Å². The van der Waals surface area contributed by atoms with Crippen LogP contribution in [0.4, 0.5) is 5.69 Å². The molecule has 0 saturated heterocycles. The molecular formula is C44H47N5O11. The lowest BCUT2D eigenvalue weighted by molar-refractivity contribution is -0.0113. The lowest BCUT2D eigenvalue weighted by Gasteiger charge is -2.27. The van der Waals surface area contributed by atoms with Gasteiger partial charge in [-0.2, -0.15) is 0 Å². The van der Waals surface area contributed by atoms with Crippen molar-refractivity contribution in [3.05, 3.63) is 112 Å². The molecule has 1 aliphatic rings. The first-order valence-corrected chi connectivity index (χ1v) is 19.6. The first-order valence-electron chi connectivity index (χ1n) is 19.6. The molecule has 1 aliphatic heterocycles. The number of hydrogen-bond donors (Lipinski definition) is 3. The summed E-state index contributed by atoms with van der Waals surface area (Å²) < 4.78 is 35.8. The van der Waals surface area contributed by atoms with Crippen molar-refractivity contribution in [3.63, 3.8) is 0 Å². The lowest BCUT2D eigenvalue weighted by Crippen LogP contribution is -2.27. The van der Waals surface area contributed by atoms with Crippen LogP contribution in [0.15, 0.2) is 100 Å². The molecule has 0 aliphatic carbocycles. The van der Waals surface area contributed by atoms with Crippen LogP contribution in [-0.4, -0.2) is 111 Å². The number of carbonyl (C=O) groups excluding carboxylic acids is 1. The minimum Gasteiger partial charge on any atom is -0.504 e. The SMILES string of the molecule is CON1Cc2ccccc2-c2c(nnn2CCOCCOCCOCCOCCOCCNC(=O)c2ccc(-c3cc(=O)c4ccc(O)c(O)c4o3)cc2)-c2ccccc21. The Kier molecular flexibility index (Phi) is 14.5. The first kappa shape index (κ1) is 42.0. The van der Waals surface area contributed by atoms with Crippen LogP contribution < -0.4 is 15.8 Å². The number of nitrogens with zero attached hydrogens (tertiary/aromatic N) is 4. The number of phenols is 2. The number of benzene rings is 4. The number of fused-ring (bicyclic) bond motifs is 6. The van der Waals surface area contributed by atoms with Crippen LogP contribution >= 0.6 is 0 Å². The summed E-state index contributed by atoms with van der Waals surface area (Å²) in [5.74, 6) is -1.00. The summed E-state index contributed by atoms with van der Waals surface area (Å²) >= 11 is 0. The summed E-state index contributed by atoms with van der Waals surface area (Å²) in [6.07, 6.45) is 0. The summed E-state index contributed by atoms with van der Waals surface area (Å²) in [5, 5.41) is 33.8. The van der Waals surface area contributed by atoms with E-state index in [1.54, 1.807) is 31.4 Å². The normalized spacial score (nSPS) is 12.1. The second kappa shape index (κ2) is 20.7. The van der Waals surface area contributed by atoms with Crippen LogP contribution in [0.1, 0.15) is 15.9 Å². The summed E-state index contributed by atoms with van der Waals surface area (Å²) in [7, 11) is 1.67. The van der Waals surface area contributed by atoms with Crippen LogP contribution in [0.25, 0.3) is 44.8 Å². The fraction of sp³-hybridized carbons (Fsp3) is 0.318. The van der Waals surface area contributed by atoms with E-state index in [4.69, 9.17) is 32.9 Å². The van der Waals surface area contributed by atoms with Crippen molar-refractivity contribution >= 4 is 22.6 Å². The number of phenolic OH excluding ortho intramolecular Hbond substituents is 2. The third-order valence-electron chi connectivity index (χ3n) is 9.72. The summed E-state index contributed by atoms with van der Waals surface area (Å²) in [6.45, 7) is 5.54. The number of aromatic nitrogens is 3. The average Bonchev–Trinajstić information content (AvgIpc) is 3.68. The zero-order valence-electron chi connectivity index (χ0n) is 33.2. The van der Waals surface area contributed by atoms with Gasteiger partial charge < -0.3 is 43.6 Å². The van der Waals surface area contributed by atoms with Crippen LogP contribution in [0.5, 0.6) is 11.5 Å². The maximum Gasteiger partial charge on any atom is 0.251 e. The minimum absolute atomic E-state index is 0.112. The van der Waals surface area contributed by atoms with E-state index in [0.717, 1.165) is 33.8 Å². The molecule has 60 heavy (non-hydrogen) atoms. The second-order valence-electron chi connectivity index (χ2n) is 13.6. The van der Waals surface area contributed by atoms with E-state index in [0.29, 0.717) is 96.8 Å². The van der Waals surface area contributed by atoms with Gasteiger partial charge in [-0.1, -0.05) is 59.8 Å². The van der Waals surface area contributed by atoms with Crippen LogP contribution in [0, 0.1) is 0 Å². The third-order valence-corrected chi connectivity index (χ3v) is 9.72. The average molecular weight is 822 g/mol. The molecule has 314 valence electrons. The van der Waals surface area contributed by atoms with Gasteiger partial charge in [-0.15, -0.1) is 5.10 Å². The number of rotatable bonds is 21. The van der Waals surface area contributed by atoms with E-state index < -0.39 is 11.5 Å². The van der Waals surface area contributed by atoms with E-state index in [9.17, 15) is 19.8 Å². The van der Waals surface area contributed by atoms with Gasteiger partial charge in [0.25, 0.3) is 5.91 Å². The Morgan fingerprint density at radius 3 is 2.10 bits per heavy atom. The molecule has 0 atom stereocenters. The number of hydroxylamine groups is 1.